The van der Waals surface area contributed by atoms with Gasteiger partial charge in [-0.3, -0.25) is 0 Å². The second-order valence-electron chi connectivity index (χ2n) is 3.52. The molecule has 14 heavy (non-hydrogen) atoms. The van der Waals surface area contributed by atoms with Gasteiger partial charge in [-0.25, -0.2) is 0 Å². The van der Waals surface area contributed by atoms with E-state index < -0.39 is 0 Å². The summed E-state index contributed by atoms with van der Waals surface area (Å²) in [7, 11) is 0. The van der Waals surface area contributed by atoms with Crippen molar-refractivity contribution < 1.29 is 4.52 Å². The summed E-state index contributed by atoms with van der Waals surface area (Å²) in [6.45, 7) is 0. The van der Waals surface area contributed by atoms with E-state index in [-0.39, 0.29) is 0 Å². The van der Waals surface area contributed by atoms with E-state index in [4.69, 9.17) is 10.3 Å². The molecular formula is C10H10N2OS. The van der Waals surface area contributed by atoms with Crippen LogP contribution in [0.2, 0.25) is 0 Å². The summed E-state index contributed by atoms with van der Waals surface area (Å²) in [6, 6.07) is 2.18. The van der Waals surface area contributed by atoms with Crippen molar-refractivity contribution in [2.24, 2.45) is 0 Å². The van der Waals surface area contributed by atoms with Crippen LogP contribution in [0.1, 0.15) is 16.9 Å². The number of anilines is 1. The third-order valence-corrected chi connectivity index (χ3v) is 3.80. The van der Waals surface area contributed by atoms with E-state index in [2.05, 4.69) is 11.2 Å². The maximum atomic E-state index is 5.74. The van der Waals surface area contributed by atoms with Crippen molar-refractivity contribution in [2.45, 2.75) is 19.3 Å². The van der Waals surface area contributed by atoms with Crippen molar-refractivity contribution in [2.75, 3.05) is 5.73 Å². The molecule has 0 amide bonds. The van der Waals surface area contributed by atoms with Crippen molar-refractivity contribution in [3.63, 3.8) is 0 Å². The summed E-state index contributed by atoms with van der Waals surface area (Å²) < 4.78 is 5.12. The van der Waals surface area contributed by atoms with Gasteiger partial charge in [0, 0.05) is 4.88 Å². The first-order chi connectivity index (χ1) is 6.84. The van der Waals surface area contributed by atoms with E-state index in [1.165, 1.54) is 29.7 Å². The molecule has 2 heterocycles. The summed E-state index contributed by atoms with van der Waals surface area (Å²) in [5.41, 5.74) is 7.83. The highest BCUT2D eigenvalue weighted by Crippen LogP contribution is 2.38. The van der Waals surface area contributed by atoms with E-state index in [0.29, 0.717) is 5.69 Å². The first-order valence-corrected chi connectivity index (χ1v) is 5.48. The second kappa shape index (κ2) is 2.85. The number of nitrogens with two attached hydrogens (primary N) is 1. The lowest BCUT2D eigenvalue weighted by molar-refractivity contribution is 0.433. The number of aryl methyl sites for hydroxylation is 2. The number of hydrogen-bond donors (Lipinski definition) is 1. The number of thiophene rings is 1. The Kier molecular flexibility index (Phi) is 1.64. The highest BCUT2D eigenvalue weighted by Gasteiger charge is 2.18. The summed E-state index contributed by atoms with van der Waals surface area (Å²) in [4.78, 5) is 2.60. The zero-order valence-corrected chi connectivity index (χ0v) is 8.43. The molecule has 0 aliphatic heterocycles. The van der Waals surface area contributed by atoms with Crippen LogP contribution in [0.4, 0.5) is 5.69 Å². The van der Waals surface area contributed by atoms with Crippen molar-refractivity contribution in [1.29, 1.82) is 0 Å². The Bertz CT molecular complexity index is 451. The number of fused-ring (bicyclic) bond motifs is 1. The molecule has 2 N–H and O–H groups in total. The van der Waals surface area contributed by atoms with Gasteiger partial charge in [-0.05, 0) is 30.9 Å². The maximum Gasteiger partial charge on any atom is 0.199 e. The summed E-state index contributed by atoms with van der Waals surface area (Å²) >= 11 is 1.78. The fourth-order valence-electron chi connectivity index (χ4n) is 1.88. The zero-order chi connectivity index (χ0) is 9.54. The third-order valence-electron chi connectivity index (χ3n) is 2.57. The van der Waals surface area contributed by atoms with E-state index in [1.807, 2.05) is 0 Å². The minimum atomic E-state index is 0.630. The van der Waals surface area contributed by atoms with Crippen LogP contribution < -0.4 is 5.73 Å². The standard InChI is InChI=1S/C10H10N2OS/c11-7-5-12-13-10(7)9-4-6-2-1-3-8(6)14-9/h4-5H,1-3,11H2. The normalized spacial score (nSPS) is 14.6. The van der Waals surface area contributed by atoms with Crippen molar-refractivity contribution in [3.05, 3.63) is 22.7 Å². The summed E-state index contributed by atoms with van der Waals surface area (Å²) in [5, 5.41) is 3.69. The van der Waals surface area contributed by atoms with E-state index in [1.54, 1.807) is 17.5 Å². The molecule has 2 aromatic heterocycles. The van der Waals surface area contributed by atoms with Crippen LogP contribution in [0.25, 0.3) is 10.6 Å². The van der Waals surface area contributed by atoms with Crippen LogP contribution in [-0.2, 0) is 12.8 Å². The van der Waals surface area contributed by atoms with Crippen LogP contribution >= 0.6 is 11.3 Å². The Hall–Kier alpha value is -1.29. The largest absolute Gasteiger partial charge is 0.394 e. The molecule has 1 aliphatic rings. The first-order valence-electron chi connectivity index (χ1n) is 4.66. The first kappa shape index (κ1) is 8.05. The number of rotatable bonds is 1. The predicted octanol–water partition coefficient (Wildman–Crippen LogP) is 2.47. The Labute approximate surface area is 85.5 Å². The predicted molar refractivity (Wildman–Crippen MR) is 56.3 cm³/mol. The molecule has 0 atom stereocenters. The van der Waals surface area contributed by atoms with Crippen molar-refractivity contribution in [1.82, 2.24) is 5.16 Å². The molecular weight excluding hydrogens is 196 g/mol. The number of nitrogen functional groups attached to an aromatic ring is 1. The monoisotopic (exact) mass is 206 g/mol. The molecule has 0 saturated heterocycles. The molecule has 0 aromatic carbocycles. The molecule has 0 spiro atoms. The molecule has 3 nitrogen and oxygen atoms in total. The number of hydrogen-bond acceptors (Lipinski definition) is 4. The fraction of sp³-hybridized carbons (Fsp3) is 0.300. The molecule has 2 aromatic rings. The van der Waals surface area contributed by atoms with Crippen LogP contribution in [0.5, 0.6) is 0 Å². The molecule has 0 unspecified atom stereocenters. The summed E-state index contributed by atoms with van der Waals surface area (Å²) in [5.74, 6) is 0.726. The van der Waals surface area contributed by atoms with E-state index in [9.17, 15) is 0 Å². The fourth-order valence-corrected chi connectivity index (χ4v) is 3.13. The number of nitrogens with zero attached hydrogens (tertiary/aromatic N) is 1. The molecule has 4 heteroatoms. The van der Waals surface area contributed by atoms with Crippen LogP contribution in [0.3, 0.4) is 0 Å². The van der Waals surface area contributed by atoms with Crippen LogP contribution in [-0.4, -0.2) is 5.16 Å². The number of aromatic nitrogens is 1. The van der Waals surface area contributed by atoms with Gasteiger partial charge in [0.1, 0.15) is 5.69 Å². The van der Waals surface area contributed by atoms with Crippen LogP contribution in [0, 0.1) is 0 Å². The van der Waals surface area contributed by atoms with E-state index >= 15 is 0 Å². The summed E-state index contributed by atoms with van der Waals surface area (Å²) in [6.07, 6.45) is 5.24. The lowest BCUT2D eigenvalue weighted by atomic mass is 10.2. The third kappa shape index (κ3) is 1.07. The molecule has 1 aliphatic carbocycles. The van der Waals surface area contributed by atoms with Gasteiger partial charge in [-0.2, -0.15) is 0 Å². The topological polar surface area (TPSA) is 52.0 Å². The highest BCUT2D eigenvalue weighted by atomic mass is 32.1. The van der Waals surface area contributed by atoms with Crippen molar-refractivity contribution >= 4 is 17.0 Å². The molecule has 3 rings (SSSR count). The lowest BCUT2D eigenvalue weighted by Crippen LogP contribution is -1.82. The Balaban J connectivity index is 2.09. The molecule has 0 radical (unpaired) electrons. The maximum absolute atomic E-state index is 5.74. The van der Waals surface area contributed by atoms with Gasteiger partial charge in [0.15, 0.2) is 5.76 Å². The molecule has 0 fully saturated rings. The van der Waals surface area contributed by atoms with Gasteiger partial charge in [0.05, 0.1) is 11.1 Å². The van der Waals surface area contributed by atoms with Gasteiger partial charge in [-0.15, -0.1) is 11.3 Å². The van der Waals surface area contributed by atoms with Crippen LogP contribution in [0.15, 0.2) is 16.8 Å². The average Bonchev–Trinajstić information content (AvgIpc) is 2.75. The molecule has 0 bridgehead atoms. The molecule has 0 saturated carbocycles. The van der Waals surface area contributed by atoms with Gasteiger partial charge >= 0.3 is 0 Å². The van der Waals surface area contributed by atoms with Gasteiger partial charge in [-0.1, -0.05) is 5.16 Å². The SMILES string of the molecule is Nc1cnoc1-c1cc2c(s1)CCC2. The van der Waals surface area contributed by atoms with Gasteiger partial charge in [0.2, 0.25) is 0 Å². The average molecular weight is 206 g/mol. The Morgan fingerprint density at radius 3 is 3.07 bits per heavy atom. The quantitative estimate of drug-likeness (QED) is 0.779. The molecule has 72 valence electrons. The minimum Gasteiger partial charge on any atom is -0.394 e. The zero-order valence-electron chi connectivity index (χ0n) is 7.62. The van der Waals surface area contributed by atoms with Crippen molar-refractivity contribution in [3.8, 4) is 10.6 Å². The van der Waals surface area contributed by atoms with E-state index in [0.717, 1.165) is 10.6 Å². The smallest absolute Gasteiger partial charge is 0.199 e. The highest BCUT2D eigenvalue weighted by molar-refractivity contribution is 7.15. The van der Waals surface area contributed by atoms with Gasteiger partial charge < -0.3 is 10.3 Å². The Morgan fingerprint density at radius 2 is 2.36 bits per heavy atom. The Morgan fingerprint density at radius 1 is 1.43 bits per heavy atom. The lowest BCUT2D eigenvalue weighted by Gasteiger charge is -1.91. The second-order valence-corrected chi connectivity index (χ2v) is 4.66. The minimum absolute atomic E-state index is 0.630. The van der Waals surface area contributed by atoms with Gasteiger partial charge in [0.25, 0.3) is 0 Å².